The van der Waals surface area contributed by atoms with E-state index in [0.717, 1.165) is 0 Å². The second-order valence-electron chi connectivity index (χ2n) is 3.46. The third-order valence-corrected chi connectivity index (χ3v) is 2.27. The number of carbonyl (C=O) groups excluding carboxylic acids is 1. The molecule has 1 aliphatic heterocycles. The Labute approximate surface area is 86.3 Å². The quantitative estimate of drug-likeness (QED) is 0.250. The molecule has 7 nitrogen and oxygen atoms in total. The van der Waals surface area contributed by atoms with E-state index in [2.05, 4.69) is 5.32 Å². The van der Waals surface area contributed by atoms with E-state index in [0.29, 0.717) is 0 Å². The van der Waals surface area contributed by atoms with Crippen LogP contribution in [-0.4, -0.2) is 63.6 Å². The lowest BCUT2D eigenvalue weighted by Crippen LogP contribution is -2.63. The largest absolute Gasteiger partial charge is 0.394 e. The van der Waals surface area contributed by atoms with Gasteiger partial charge >= 0.3 is 0 Å². The van der Waals surface area contributed by atoms with Crippen molar-refractivity contribution >= 4 is 5.91 Å². The molecule has 7 heteroatoms. The minimum Gasteiger partial charge on any atom is -0.394 e. The highest BCUT2D eigenvalue weighted by Gasteiger charge is 2.43. The number of aliphatic hydroxyl groups excluding tert-OH is 4. The number of hydrogen-bond acceptors (Lipinski definition) is 6. The van der Waals surface area contributed by atoms with E-state index in [1.54, 1.807) is 0 Å². The molecule has 0 aliphatic carbocycles. The summed E-state index contributed by atoms with van der Waals surface area (Å²) >= 11 is 0. The Hall–Kier alpha value is -0.730. The maximum Gasteiger partial charge on any atom is 0.217 e. The molecule has 0 aromatic carbocycles. The summed E-state index contributed by atoms with van der Waals surface area (Å²) in [4.78, 5) is 10.7. The highest BCUT2D eigenvalue weighted by atomic mass is 16.7. The zero-order valence-electron chi connectivity index (χ0n) is 8.20. The molecule has 15 heavy (non-hydrogen) atoms. The van der Waals surface area contributed by atoms with Gasteiger partial charge in [-0.1, -0.05) is 0 Å². The lowest BCUT2D eigenvalue weighted by molar-refractivity contribution is -0.253. The molecule has 5 atom stereocenters. The normalized spacial score (nSPS) is 41.3. The Morgan fingerprint density at radius 2 is 1.93 bits per heavy atom. The molecule has 0 bridgehead atoms. The van der Waals surface area contributed by atoms with Gasteiger partial charge in [0.05, 0.1) is 6.61 Å². The van der Waals surface area contributed by atoms with Gasteiger partial charge in [0.1, 0.15) is 24.4 Å². The van der Waals surface area contributed by atoms with E-state index in [1.165, 1.54) is 6.92 Å². The molecule has 1 amide bonds. The van der Waals surface area contributed by atoms with E-state index in [1.807, 2.05) is 0 Å². The predicted octanol–water partition coefficient (Wildman–Crippen LogP) is -3.08. The molecule has 0 spiro atoms. The highest BCUT2D eigenvalue weighted by molar-refractivity contribution is 5.73. The maximum absolute atomic E-state index is 10.7. The van der Waals surface area contributed by atoms with Crippen molar-refractivity contribution in [1.82, 2.24) is 5.32 Å². The smallest absolute Gasteiger partial charge is 0.217 e. The van der Waals surface area contributed by atoms with Gasteiger partial charge in [0.15, 0.2) is 6.29 Å². The number of ether oxygens (including phenoxy) is 1. The Morgan fingerprint density at radius 1 is 1.33 bits per heavy atom. The molecule has 1 aliphatic rings. The zero-order chi connectivity index (χ0) is 11.6. The van der Waals surface area contributed by atoms with E-state index in [-0.39, 0.29) is 0 Å². The van der Waals surface area contributed by atoms with Crippen molar-refractivity contribution in [1.29, 1.82) is 0 Å². The topological polar surface area (TPSA) is 119 Å². The van der Waals surface area contributed by atoms with Crippen LogP contribution in [0, 0.1) is 0 Å². The first-order chi connectivity index (χ1) is 6.97. The number of amides is 1. The molecule has 1 unspecified atom stereocenters. The molecule has 1 rings (SSSR count). The minimum atomic E-state index is -1.45. The Balaban J connectivity index is 2.70. The predicted molar refractivity (Wildman–Crippen MR) is 47.6 cm³/mol. The maximum atomic E-state index is 10.7. The van der Waals surface area contributed by atoms with Gasteiger partial charge in [-0.25, -0.2) is 0 Å². The van der Waals surface area contributed by atoms with Gasteiger partial charge in [-0.15, -0.1) is 0 Å². The summed E-state index contributed by atoms with van der Waals surface area (Å²) in [7, 11) is 0. The summed E-state index contributed by atoms with van der Waals surface area (Å²) in [5, 5.41) is 39.4. The lowest BCUT2D eigenvalue weighted by Gasteiger charge is -2.40. The van der Waals surface area contributed by atoms with Crippen LogP contribution in [0.5, 0.6) is 0 Å². The molecule has 0 saturated carbocycles. The third-order valence-electron chi connectivity index (χ3n) is 2.27. The fourth-order valence-corrected chi connectivity index (χ4v) is 1.49. The monoisotopic (exact) mass is 223 g/mol. The molecule has 0 aromatic rings. The van der Waals surface area contributed by atoms with Crippen molar-refractivity contribution in [2.45, 2.75) is 37.6 Å². The van der Waals surface area contributed by atoms with Crippen LogP contribution in [0.15, 0.2) is 0 Å². The fourth-order valence-electron chi connectivity index (χ4n) is 1.49. The molecule has 5 N–H and O–H groups in total. The van der Waals surface area contributed by atoms with Crippen molar-refractivity contribution < 1.29 is 30.0 Å². The summed E-state index contributed by atoms with van der Waals surface area (Å²) in [6, 6.07) is -1.10. The van der Waals surface area contributed by atoms with Crippen LogP contribution >= 0.6 is 0 Å². The molecular weight excluding hydrogens is 208 g/mol. The van der Waals surface area contributed by atoms with Crippen LogP contribution < -0.4 is 5.32 Å². The summed E-state index contributed by atoms with van der Waals surface area (Å²) in [5.41, 5.74) is 0. The molecule has 0 aromatic heterocycles. The first-order valence-corrected chi connectivity index (χ1v) is 4.55. The summed E-state index contributed by atoms with van der Waals surface area (Å²) in [5.74, 6) is -0.462. The van der Waals surface area contributed by atoms with Crippen molar-refractivity contribution in [3.63, 3.8) is 0 Å². The van der Waals surface area contributed by atoms with Crippen LogP contribution in [0.3, 0.4) is 0 Å². The van der Waals surface area contributed by atoms with Crippen molar-refractivity contribution in [2.75, 3.05) is 6.61 Å². The molecule has 88 valence electrons. The molecule has 1 fully saturated rings. The van der Waals surface area contributed by atoms with Gasteiger partial charge < -0.3 is 30.5 Å². The number of nitrogens with one attached hydrogen (secondary N) is 1. The Kier molecular flexibility index (Phi) is 4.00. The average molecular weight is 223 g/mol. The van der Waals surface area contributed by atoms with Gasteiger partial charge in [-0.2, -0.15) is 0 Å². The molecule has 1 heterocycles. The fraction of sp³-hybridized carbons (Fsp3) is 0.875. The van der Waals surface area contributed by atoms with Crippen molar-refractivity contribution in [3.8, 4) is 0 Å². The van der Waals surface area contributed by atoms with E-state index >= 15 is 0 Å². The summed E-state index contributed by atoms with van der Waals surface area (Å²) in [6.45, 7) is 0.687. The molecule has 1 saturated heterocycles. The third kappa shape index (κ3) is 2.64. The number of rotatable bonds is 2. The second-order valence-corrected chi connectivity index (χ2v) is 3.46. The summed E-state index contributed by atoms with van der Waals surface area (Å²) in [6.07, 6.45) is -5.24. The number of hydrogen-bond donors (Lipinski definition) is 5. The molecule has 0 radical (unpaired) electrons. The van der Waals surface area contributed by atoms with E-state index in [9.17, 15) is 20.1 Å². The summed E-state index contributed by atoms with van der Waals surface area (Å²) < 4.78 is 4.81. The lowest BCUT2D eigenvalue weighted by atomic mass is 10.0. The highest BCUT2D eigenvalue weighted by Crippen LogP contribution is 2.19. The second kappa shape index (κ2) is 4.86. The van der Waals surface area contributed by atoms with Crippen molar-refractivity contribution in [3.05, 3.63) is 0 Å². The van der Waals surface area contributed by atoms with Crippen molar-refractivity contribution in [2.24, 2.45) is 0 Å². The van der Waals surface area contributed by atoms with Crippen LogP contribution in [0.1, 0.15) is 6.92 Å². The first kappa shape index (κ1) is 12.3. The van der Waals surface area contributed by atoms with Crippen LogP contribution in [0.4, 0.5) is 0 Å². The Bertz CT molecular complexity index is 235. The van der Waals surface area contributed by atoms with Gasteiger partial charge in [-0.05, 0) is 0 Å². The van der Waals surface area contributed by atoms with Crippen LogP contribution in [0.2, 0.25) is 0 Å². The number of carbonyl (C=O) groups is 1. The van der Waals surface area contributed by atoms with Gasteiger partial charge in [0.25, 0.3) is 0 Å². The number of aliphatic hydroxyl groups is 4. The van der Waals surface area contributed by atoms with E-state index in [4.69, 9.17) is 9.84 Å². The van der Waals surface area contributed by atoms with Gasteiger partial charge in [0.2, 0.25) is 5.91 Å². The van der Waals surface area contributed by atoms with E-state index < -0.39 is 43.2 Å². The minimum absolute atomic E-state index is 0.462. The standard InChI is InChI=1S/C8H15NO6/c1-3(11)9-5-7(13)6(12)4(2-10)15-8(5)14/h4-8,10,12-14H,2H2,1H3,(H,9,11)/t4-,5-,6-,7-,8?/m1/s1/i8+1,9+1. The van der Waals surface area contributed by atoms with Gasteiger partial charge in [-0.3, -0.25) is 4.79 Å². The van der Waals surface area contributed by atoms with Crippen LogP contribution in [0.25, 0.3) is 0 Å². The van der Waals surface area contributed by atoms with Crippen LogP contribution in [-0.2, 0) is 9.53 Å². The average Bonchev–Trinajstić information content (AvgIpc) is 2.18. The SMILES string of the molecule is CC(=O)[15NH][C@@H]1[C@@H](O)[C@H](O)[C@@H](CO)O[13CH]1O. The zero-order valence-corrected chi connectivity index (χ0v) is 8.20. The molecular formula is C8H15NO6. The van der Waals surface area contributed by atoms with Gasteiger partial charge in [0, 0.05) is 6.92 Å². The first-order valence-electron chi connectivity index (χ1n) is 4.55. The Morgan fingerprint density at radius 3 is 2.40 bits per heavy atom.